The predicted octanol–water partition coefficient (Wildman–Crippen LogP) is 1.76. The van der Waals surface area contributed by atoms with Crippen molar-refractivity contribution in [1.29, 1.82) is 0 Å². The molecule has 4 heterocycles. The van der Waals surface area contributed by atoms with Crippen LogP contribution in [0.2, 0.25) is 0 Å². The fourth-order valence-corrected chi connectivity index (χ4v) is 3.78. The van der Waals surface area contributed by atoms with Crippen LogP contribution < -0.4 is 11.0 Å². The normalized spacial score (nSPS) is 16.0. The van der Waals surface area contributed by atoms with E-state index in [4.69, 9.17) is 0 Å². The quantitative estimate of drug-likeness (QED) is 0.606. The van der Waals surface area contributed by atoms with Crippen LogP contribution in [0.5, 0.6) is 0 Å². The van der Waals surface area contributed by atoms with Gasteiger partial charge in [0.15, 0.2) is 0 Å². The Bertz CT molecular complexity index is 1120. The molecule has 7 heteroatoms. The Morgan fingerprint density at radius 3 is 2.68 bits per heavy atom. The van der Waals surface area contributed by atoms with E-state index in [-0.39, 0.29) is 11.7 Å². The highest BCUT2D eigenvalue weighted by atomic mass is 16.1. The minimum Gasteiger partial charge on any atom is -0.317 e. The van der Waals surface area contributed by atoms with Gasteiger partial charge in [0, 0.05) is 6.04 Å². The molecule has 1 aliphatic rings. The molecule has 0 saturated carbocycles. The second-order valence-corrected chi connectivity index (χ2v) is 6.45. The Labute approximate surface area is 143 Å². The average molecular weight is 334 g/mol. The Kier molecular flexibility index (Phi) is 3.21. The average Bonchev–Trinajstić information content (AvgIpc) is 3.23. The predicted molar refractivity (Wildman–Crippen MR) is 95.2 cm³/mol. The lowest BCUT2D eigenvalue weighted by Gasteiger charge is -2.23. The molecular formula is C18H18N6O. The molecule has 0 aliphatic carbocycles. The van der Waals surface area contributed by atoms with Crippen LogP contribution in [0.3, 0.4) is 0 Å². The van der Waals surface area contributed by atoms with E-state index in [2.05, 4.69) is 15.6 Å². The van der Waals surface area contributed by atoms with E-state index in [9.17, 15) is 4.79 Å². The summed E-state index contributed by atoms with van der Waals surface area (Å²) in [6.45, 7) is 1.89. The summed E-state index contributed by atoms with van der Waals surface area (Å²) < 4.78 is 5.43. The first-order chi connectivity index (χ1) is 12.3. The maximum absolute atomic E-state index is 13.3. The maximum Gasteiger partial charge on any atom is 0.334 e. The molecule has 0 radical (unpaired) electrons. The first-order valence-electron chi connectivity index (χ1n) is 8.56. The lowest BCUT2D eigenvalue weighted by Crippen LogP contribution is -2.34. The number of para-hydroxylation sites is 2. The number of imidazole rings is 1. The van der Waals surface area contributed by atoms with E-state index in [0.29, 0.717) is 0 Å². The Hall–Kier alpha value is -2.93. The van der Waals surface area contributed by atoms with Crippen molar-refractivity contribution in [2.75, 3.05) is 13.1 Å². The number of fused-ring (bicyclic) bond motifs is 2. The van der Waals surface area contributed by atoms with E-state index < -0.39 is 0 Å². The first kappa shape index (κ1) is 14.4. The SMILES string of the molecule is O=c1n(-c2ccc3cnnn3c2)c2ccccc2n1C1CCNCC1. The van der Waals surface area contributed by atoms with Crippen LogP contribution in [0.1, 0.15) is 18.9 Å². The summed E-state index contributed by atoms with van der Waals surface area (Å²) in [5, 5.41) is 11.3. The van der Waals surface area contributed by atoms with Gasteiger partial charge in [0.2, 0.25) is 0 Å². The number of nitrogens with one attached hydrogen (secondary N) is 1. The summed E-state index contributed by atoms with van der Waals surface area (Å²) in [6, 6.07) is 12.1. The third-order valence-corrected chi connectivity index (χ3v) is 4.99. The molecule has 1 aliphatic heterocycles. The summed E-state index contributed by atoms with van der Waals surface area (Å²) >= 11 is 0. The number of hydrogen-bond acceptors (Lipinski definition) is 4. The summed E-state index contributed by atoms with van der Waals surface area (Å²) in [7, 11) is 0. The van der Waals surface area contributed by atoms with Crippen LogP contribution in [0, 0.1) is 0 Å². The number of aromatic nitrogens is 5. The molecule has 7 nitrogen and oxygen atoms in total. The zero-order valence-electron chi connectivity index (χ0n) is 13.7. The standard InChI is InChI=1S/C18H18N6O/c25-18-23(13-7-9-19-10-8-13)16-3-1-2-4-17(16)24(18)15-6-5-14-11-20-21-22(14)12-15/h1-6,11-13,19H,7-10H2. The van der Waals surface area contributed by atoms with Gasteiger partial charge in [0.05, 0.1) is 34.6 Å². The molecule has 0 amide bonds. The van der Waals surface area contributed by atoms with Crippen molar-refractivity contribution >= 4 is 16.6 Å². The van der Waals surface area contributed by atoms with Crippen LogP contribution in [-0.4, -0.2) is 37.1 Å². The molecule has 0 atom stereocenters. The molecule has 126 valence electrons. The van der Waals surface area contributed by atoms with Gasteiger partial charge in [-0.25, -0.2) is 9.31 Å². The topological polar surface area (TPSA) is 69.1 Å². The van der Waals surface area contributed by atoms with Gasteiger partial charge in [-0.05, 0) is 50.2 Å². The molecule has 1 aromatic carbocycles. The summed E-state index contributed by atoms with van der Waals surface area (Å²) in [5.41, 5.74) is 3.61. The van der Waals surface area contributed by atoms with Gasteiger partial charge >= 0.3 is 5.69 Å². The van der Waals surface area contributed by atoms with Crippen molar-refractivity contribution in [3.8, 4) is 5.69 Å². The van der Waals surface area contributed by atoms with Gasteiger partial charge in [0.25, 0.3) is 0 Å². The van der Waals surface area contributed by atoms with Crippen LogP contribution >= 0.6 is 0 Å². The number of rotatable bonds is 2. The highest BCUT2D eigenvalue weighted by Crippen LogP contribution is 2.25. The van der Waals surface area contributed by atoms with Gasteiger partial charge in [-0.15, -0.1) is 5.10 Å². The van der Waals surface area contributed by atoms with Gasteiger partial charge in [-0.1, -0.05) is 17.3 Å². The monoisotopic (exact) mass is 334 g/mol. The summed E-state index contributed by atoms with van der Waals surface area (Å²) in [5.74, 6) is 0. The molecule has 1 fully saturated rings. The molecule has 1 saturated heterocycles. The number of benzene rings is 1. The van der Waals surface area contributed by atoms with E-state index in [0.717, 1.165) is 48.2 Å². The van der Waals surface area contributed by atoms with Crippen molar-refractivity contribution in [2.45, 2.75) is 18.9 Å². The van der Waals surface area contributed by atoms with Crippen molar-refractivity contribution in [3.63, 3.8) is 0 Å². The molecule has 5 rings (SSSR count). The van der Waals surface area contributed by atoms with Gasteiger partial charge < -0.3 is 5.32 Å². The van der Waals surface area contributed by atoms with Crippen molar-refractivity contribution < 1.29 is 0 Å². The third kappa shape index (κ3) is 2.20. The minimum absolute atomic E-state index is 0.00700. The summed E-state index contributed by atoms with van der Waals surface area (Å²) in [4.78, 5) is 13.3. The molecule has 4 aromatic rings. The number of pyridine rings is 1. The zero-order chi connectivity index (χ0) is 16.8. The van der Waals surface area contributed by atoms with E-state index in [1.165, 1.54) is 0 Å². The van der Waals surface area contributed by atoms with Crippen LogP contribution in [0.4, 0.5) is 0 Å². The largest absolute Gasteiger partial charge is 0.334 e. The zero-order valence-corrected chi connectivity index (χ0v) is 13.7. The van der Waals surface area contributed by atoms with Gasteiger partial charge in [-0.3, -0.25) is 9.13 Å². The lowest BCUT2D eigenvalue weighted by molar-refractivity contribution is 0.367. The second kappa shape index (κ2) is 5.56. The second-order valence-electron chi connectivity index (χ2n) is 6.45. The van der Waals surface area contributed by atoms with Crippen molar-refractivity contribution in [3.05, 3.63) is 59.3 Å². The minimum atomic E-state index is 0.00700. The fraction of sp³-hybridized carbons (Fsp3) is 0.278. The van der Waals surface area contributed by atoms with Gasteiger partial charge in [0.1, 0.15) is 0 Å². The Morgan fingerprint density at radius 2 is 1.84 bits per heavy atom. The van der Waals surface area contributed by atoms with Gasteiger partial charge in [-0.2, -0.15) is 0 Å². The summed E-state index contributed by atoms with van der Waals surface area (Å²) in [6.07, 6.45) is 5.49. The van der Waals surface area contributed by atoms with E-state index in [1.807, 2.05) is 47.2 Å². The fourth-order valence-electron chi connectivity index (χ4n) is 3.78. The molecule has 1 N–H and O–H groups in total. The molecule has 25 heavy (non-hydrogen) atoms. The van der Waals surface area contributed by atoms with E-state index in [1.54, 1.807) is 15.3 Å². The number of nitrogens with zero attached hydrogens (tertiary/aromatic N) is 5. The number of piperidine rings is 1. The molecular weight excluding hydrogens is 316 g/mol. The highest BCUT2D eigenvalue weighted by molar-refractivity contribution is 5.78. The molecule has 3 aromatic heterocycles. The third-order valence-electron chi connectivity index (χ3n) is 4.99. The van der Waals surface area contributed by atoms with Crippen LogP contribution in [0.15, 0.2) is 53.6 Å². The highest BCUT2D eigenvalue weighted by Gasteiger charge is 2.22. The Balaban J connectivity index is 1.77. The first-order valence-corrected chi connectivity index (χ1v) is 8.56. The maximum atomic E-state index is 13.3. The molecule has 0 unspecified atom stereocenters. The number of hydrogen-bond donors (Lipinski definition) is 1. The molecule has 0 spiro atoms. The van der Waals surface area contributed by atoms with Crippen LogP contribution in [-0.2, 0) is 0 Å². The lowest BCUT2D eigenvalue weighted by atomic mass is 10.1. The van der Waals surface area contributed by atoms with Crippen LogP contribution in [0.25, 0.3) is 22.2 Å². The Morgan fingerprint density at radius 1 is 1.04 bits per heavy atom. The van der Waals surface area contributed by atoms with E-state index >= 15 is 0 Å². The van der Waals surface area contributed by atoms with Crippen molar-refractivity contribution in [2.24, 2.45) is 0 Å². The van der Waals surface area contributed by atoms with Crippen molar-refractivity contribution in [1.82, 2.24) is 29.3 Å². The smallest absolute Gasteiger partial charge is 0.317 e. The molecule has 0 bridgehead atoms.